The van der Waals surface area contributed by atoms with E-state index in [1.54, 1.807) is 0 Å². The molecule has 9 nitrogen and oxygen atoms in total. The summed E-state index contributed by atoms with van der Waals surface area (Å²) in [6, 6.07) is 0.213. The quantitative estimate of drug-likeness (QED) is 0.563. The van der Waals surface area contributed by atoms with Crippen molar-refractivity contribution >= 4 is 39.9 Å². The minimum Gasteiger partial charge on any atom is -0.368 e. The average molecular weight is 455 g/mol. The maximum atomic E-state index is 14.3. The first-order valence-corrected chi connectivity index (χ1v) is 9.18. The number of nitrogen functional groups attached to an aromatic ring is 1. The number of hydrogen-bond donors (Lipinski definition) is 2. The van der Waals surface area contributed by atoms with Crippen molar-refractivity contribution in [1.29, 1.82) is 0 Å². The van der Waals surface area contributed by atoms with Crippen LogP contribution in [0.15, 0.2) is 30.6 Å². The minimum absolute atomic E-state index is 0.0241. The summed E-state index contributed by atoms with van der Waals surface area (Å²) in [5, 5.41) is 7.29. The molecule has 1 aromatic carbocycles. The Hall–Kier alpha value is -3.68. The van der Waals surface area contributed by atoms with E-state index in [0.29, 0.717) is 40.0 Å². The molecule has 1 unspecified atom stereocenters. The zero-order valence-electron chi connectivity index (χ0n) is 15.6. The van der Waals surface area contributed by atoms with E-state index < -0.39 is 35.2 Å². The topological polar surface area (TPSA) is 141 Å². The second-order valence-electron chi connectivity index (χ2n) is 6.18. The first kappa shape index (κ1) is 22.0. The predicted molar refractivity (Wildman–Crippen MR) is 102 cm³/mol. The third kappa shape index (κ3) is 4.58. The number of hydrogen-bond acceptors (Lipinski definition) is 8. The minimum atomic E-state index is -4.78. The van der Waals surface area contributed by atoms with Crippen LogP contribution in [0.4, 0.5) is 39.1 Å². The number of nitrogens with two attached hydrogens (primary N) is 2. The van der Waals surface area contributed by atoms with Crippen LogP contribution >= 0.6 is 11.3 Å². The molecule has 0 aliphatic rings. The molecule has 14 heteroatoms. The van der Waals surface area contributed by atoms with E-state index >= 15 is 0 Å². The molecule has 2 amide bonds. The first-order chi connectivity index (χ1) is 14.5. The molecule has 0 aliphatic heterocycles. The fourth-order valence-corrected chi connectivity index (χ4v) is 3.71. The second-order valence-corrected chi connectivity index (χ2v) is 7.17. The van der Waals surface area contributed by atoms with Gasteiger partial charge in [0.2, 0.25) is 11.1 Å². The first-order valence-electron chi connectivity index (χ1n) is 8.36. The second kappa shape index (κ2) is 8.22. The molecule has 31 heavy (non-hydrogen) atoms. The number of primary amides is 1. The summed E-state index contributed by atoms with van der Waals surface area (Å²) in [5.41, 5.74) is 9.07. The lowest BCUT2D eigenvalue weighted by molar-refractivity contribution is -0.137. The van der Waals surface area contributed by atoms with Crippen LogP contribution in [0.2, 0.25) is 0 Å². The molecule has 1 atom stereocenters. The highest BCUT2D eigenvalue weighted by atomic mass is 32.1. The van der Waals surface area contributed by atoms with Crippen LogP contribution in [0.5, 0.6) is 0 Å². The lowest BCUT2D eigenvalue weighted by Gasteiger charge is -2.19. The molecule has 3 rings (SSSR count). The number of anilines is 3. The molecule has 0 saturated carbocycles. The van der Waals surface area contributed by atoms with Gasteiger partial charge in [-0.3, -0.25) is 4.79 Å². The Bertz CT molecular complexity index is 1130. The Morgan fingerprint density at radius 3 is 2.35 bits per heavy atom. The monoisotopic (exact) mass is 455 g/mol. The van der Waals surface area contributed by atoms with Crippen molar-refractivity contribution in [2.45, 2.75) is 19.0 Å². The van der Waals surface area contributed by atoms with E-state index in [4.69, 9.17) is 11.5 Å². The maximum Gasteiger partial charge on any atom is 0.416 e. The number of carbonyl (C=O) groups excluding carboxylic acids is 2. The molecule has 3 aromatic rings. The van der Waals surface area contributed by atoms with E-state index in [9.17, 15) is 27.2 Å². The Morgan fingerprint density at radius 2 is 1.81 bits per heavy atom. The van der Waals surface area contributed by atoms with Crippen LogP contribution < -0.4 is 16.4 Å². The molecule has 0 saturated heterocycles. The van der Waals surface area contributed by atoms with Gasteiger partial charge in [-0.2, -0.15) is 13.2 Å². The van der Waals surface area contributed by atoms with E-state index in [1.807, 2.05) is 0 Å². The highest BCUT2D eigenvalue weighted by Gasteiger charge is 2.34. The summed E-state index contributed by atoms with van der Waals surface area (Å²) in [5.74, 6) is -2.54. The van der Waals surface area contributed by atoms with E-state index in [-0.39, 0.29) is 21.9 Å². The lowest BCUT2D eigenvalue weighted by Crippen LogP contribution is -2.32. The maximum absolute atomic E-state index is 14.3. The Balaban J connectivity index is 2.07. The summed E-state index contributed by atoms with van der Waals surface area (Å²) in [6.07, 6.45) is -2.19. The van der Waals surface area contributed by atoms with Gasteiger partial charge in [0.05, 0.1) is 17.2 Å². The van der Waals surface area contributed by atoms with Crippen LogP contribution in [0.1, 0.15) is 29.0 Å². The van der Waals surface area contributed by atoms with Crippen LogP contribution in [0.3, 0.4) is 0 Å². The van der Waals surface area contributed by atoms with Gasteiger partial charge in [-0.05, 0) is 25.1 Å². The molecular formula is C17H13F4N7O2S. The van der Waals surface area contributed by atoms with Crippen molar-refractivity contribution in [3.05, 3.63) is 52.5 Å². The zero-order chi connectivity index (χ0) is 22.9. The molecular weight excluding hydrogens is 442 g/mol. The smallest absolute Gasteiger partial charge is 0.368 e. The van der Waals surface area contributed by atoms with Gasteiger partial charge < -0.3 is 11.5 Å². The van der Waals surface area contributed by atoms with Crippen molar-refractivity contribution in [3.63, 3.8) is 0 Å². The standard InChI is InChI=1S/C17H13F4N7O2S/c1-7(29)12(8-5-24-14(22)25-6-8)13-26-27-16(31-13)28(15(23)30)11-4-9(17(19,20)21)2-3-10(11)18/h2-6,12H,1H3,(H2,23,30)(H2,22,24,25). The largest absolute Gasteiger partial charge is 0.416 e. The summed E-state index contributed by atoms with van der Waals surface area (Å²) in [6.45, 7) is 1.26. The van der Waals surface area contributed by atoms with Gasteiger partial charge >= 0.3 is 12.2 Å². The van der Waals surface area contributed by atoms with Crippen LogP contribution in [0.25, 0.3) is 0 Å². The van der Waals surface area contributed by atoms with Crippen molar-refractivity contribution in [3.8, 4) is 0 Å². The van der Waals surface area contributed by atoms with Gasteiger partial charge in [0.15, 0.2) is 0 Å². The van der Waals surface area contributed by atoms with Crippen LogP contribution in [-0.2, 0) is 11.0 Å². The Morgan fingerprint density at radius 1 is 1.16 bits per heavy atom. The van der Waals surface area contributed by atoms with Gasteiger partial charge in [-0.25, -0.2) is 24.1 Å². The number of nitrogens with zero attached hydrogens (tertiary/aromatic N) is 5. The molecule has 0 fully saturated rings. The molecule has 0 spiro atoms. The SMILES string of the molecule is CC(=O)C(c1cnc(N)nc1)c1nnc(N(C(N)=O)c2cc(C(F)(F)F)ccc2F)s1. The fraction of sp³-hybridized carbons (Fsp3) is 0.176. The Kier molecular flexibility index (Phi) is 5.83. The number of alkyl halides is 3. The third-order valence-corrected chi connectivity index (χ3v) is 5.01. The van der Waals surface area contributed by atoms with Gasteiger partial charge in [-0.15, -0.1) is 10.2 Å². The molecule has 0 radical (unpaired) electrons. The summed E-state index contributed by atoms with van der Waals surface area (Å²) in [4.78, 5) is 32.2. The van der Waals surface area contributed by atoms with Gasteiger partial charge in [0, 0.05) is 18.0 Å². The number of urea groups is 1. The Labute approximate surface area is 175 Å². The lowest BCUT2D eigenvalue weighted by atomic mass is 9.99. The third-order valence-electron chi connectivity index (χ3n) is 4.03. The summed E-state index contributed by atoms with van der Waals surface area (Å²) in [7, 11) is 0. The predicted octanol–water partition coefficient (Wildman–Crippen LogP) is 3.01. The number of ketones is 1. The van der Waals surface area contributed by atoms with Gasteiger partial charge in [-0.1, -0.05) is 11.3 Å². The van der Waals surface area contributed by atoms with Crippen LogP contribution in [-0.4, -0.2) is 32.0 Å². The zero-order valence-corrected chi connectivity index (χ0v) is 16.4. The highest BCUT2D eigenvalue weighted by Crippen LogP contribution is 2.38. The average Bonchev–Trinajstić information content (AvgIpc) is 3.12. The molecule has 2 aromatic heterocycles. The molecule has 0 aliphatic carbocycles. The number of amides is 2. The molecule has 4 N–H and O–H groups in total. The van der Waals surface area contributed by atoms with Crippen LogP contribution in [0, 0.1) is 5.82 Å². The molecule has 0 bridgehead atoms. The highest BCUT2D eigenvalue weighted by molar-refractivity contribution is 7.15. The molecule has 162 valence electrons. The van der Waals surface area contributed by atoms with Crippen molar-refractivity contribution in [2.24, 2.45) is 5.73 Å². The normalized spacial score (nSPS) is 12.4. The van der Waals surface area contributed by atoms with Crippen molar-refractivity contribution in [1.82, 2.24) is 20.2 Å². The van der Waals surface area contributed by atoms with E-state index in [2.05, 4.69) is 20.2 Å². The fourth-order valence-electron chi connectivity index (χ4n) is 2.66. The summed E-state index contributed by atoms with van der Waals surface area (Å²) < 4.78 is 53.4. The number of carbonyl (C=O) groups is 2. The number of halogens is 4. The molecule has 2 heterocycles. The number of aromatic nitrogens is 4. The summed E-state index contributed by atoms with van der Waals surface area (Å²) >= 11 is 0.669. The van der Waals surface area contributed by atoms with E-state index in [0.717, 1.165) is 0 Å². The number of rotatable bonds is 5. The van der Waals surface area contributed by atoms with Crippen molar-refractivity contribution in [2.75, 3.05) is 10.6 Å². The van der Waals surface area contributed by atoms with Crippen molar-refractivity contribution < 1.29 is 27.2 Å². The number of benzene rings is 1. The number of Topliss-reactive ketones (excluding diaryl/α,β-unsaturated/α-hetero) is 1. The van der Waals surface area contributed by atoms with Gasteiger partial charge in [0.1, 0.15) is 16.6 Å². The van der Waals surface area contributed by atoms with E-state index in [1.165, 1.54) is 19.3 Å². The van der Waals surface area contributed by atoms with Gasteiger partial charge in [0.25, 0.3) is 0 Å².